The third-order valence-corrected chi connectivity index (χ3v) is 7.21. The molecule has 2 aliphatic heterocycles. The number of piperidine rings is 1. The summed E-state index contributed by atoms with van der Waals surface area (Å²) in [6.07, 6.45) is 4.03. The summed E-state index contributed by atoms with van der Waals surface area (Å²) in [5.41, 5.74) is 1.17. The molecule has 194 valence electrons. The van der Waals surface area contributed by atoms with Gasteiger partial charge in [0.15, 0.2) is 0 Å². The minimum absolute atomic E-state index is 0.00473. The zero-order chi connectivity index (χ0) is 26.2. The molecule has 0 unspecified atom stereocenters. The number of carbonyl (C=O) groups excluding carboxylic acids is 2. The maximum absolute atomic E-state index is 14.2. The maximum Gasteiger partial charge on any atom is 0.332 e. The number of ether oxygens (including phenoxy) is 1. The lowest BCUT2D eigenvalue weighted by molar-refractivity contribution is -0.133. The fourth-order valence-electron chi connectivity index (χ4n) is 5.54. The normalized spacial score (nSPS) is 22.5. The summed E-state index contributed by atoms with van der Waals surface area (Å²) in [7, 11) is 0. The Kier molecular flexibility index (Phi) is 6.77. The quantitative estimate of drug-likeness (QED) is 0.391. The van der Waals surface area contributed by atoms with Gasteiger partial charge in [-0.3, -0.25) is 19.5 Å². The van der Waals surface area contributed by atoms with E-state index in [2.05, 4.69) is 17.9 Å². The largest absolute Gasteiger partial charge is 0.491 e. The monoisotopic (exact) mass is 505 g/mol. The average molecular weight is 506 g/mol. The van der Waals surface area contributed by atoms with Crippen LogP contribution in [0.25, 0.3) is 0 Å². The fraction of sp³-hybridized carbons (Fsp3) is 0.379. The van der Waals surface area contributed by atoms with Gasteiger partial charge in [-0.25, -0.2) is 9.18 Å². The number of urea groups is 1. The number of carbonyl (C=O) groups is 2. The van der Waals surface area contributed by atoms with E-state index in [1.54, 1.807) is 18.2 Å². The molecule has 3 aromatic rings. The van der Waals surface area contributed by atoms with Crippen molar-refractivity contribution in [3.05, 3.63) is 84.1 Å². The lowest BCUT2D eigenvalue weighted by atomic mass is 9.81. The zero-order valence-electron chi connectivity index (χ0n) is 21.4. The van der Waals surface area contributed by atoms with Gasteiger partial charge in [-0.1, -0.05) is 18.2 Å². The molecule has 2 fully saturated rings. The molecule has 8 heteroatoms. The molecule has 37 heavy (non-hydrogen) atoms. The summed E-state index contributed by atoms with van der Waals surface area (Å²) >= 11 is 0. The molecule has 0 bridgehead atoms. The second-order valence-corrected chi connectivity index (χ2v) is 10.2. The van der Waals surface area contributed by atoms with E-state index in [9.17, 15) is 14.0 Å². The molecule has 7 nitrogen and oxygen atoms in total. The zero-order valence-corrected chi connectivity index (χ0v) is 21.4. The standard InChI is InChI=1S/C29H32FN3O4/c1-20(2)37-26-9-4-6-22(14-26)17-31-12-11-29(16-21(31)3)27(34)32(18-23-10-13-36-19-23)28(35)33(29)25-8-5-7-24(30)15-25/h4-10,13-15,19-21H,11-12,16-18H2,1-3H3/t21-,29+/m0/s1. The van der Waals surface area contributed by atoms with Gasteiger partial charge in [0.05, 0.1) is 25.2 Å². The van der Waals surface area contributed by atoms with E-state index in [1.807, 2.05) is 32.0 Å². The maximum atomic E-state index is 14.2. The Balaban J connectivity index is 1.42. The first-order valence-electron chi connectivity index (χ1n) is 12.7. The van der Waals surface area contributed by atoms with E-state index in [0.29, 0.717) is 31.6 Å². The van der Waals surface area contributed by atoms with Crippen molar-refractivity contribution in [1.82, 2.24) is 9.80 Å². The Bertz CT molecular complexity index is 1280. The highest BCUT2D eigenvalue weighted by atomic mass is 19.1. The van der Waals surface area contributed by atoms with Gasteiger partial charge in [-0.2, -0.15) is 0 Å². The van der Waals surface area contributed by atoms with E-state index >= 15 is 0 Å². The van der Waals surface area contributed by atoms with Crippen molar-refractivity contribution in [2.75, 3.05) is 11.4 Å². The summed E-state index contributed by atoms with van der Waals surface area (Å²) in [4.78, 5) is 32.7. The van der Waals surface area contributed by atoms with Crippen LogP contribution in [0.15, 0.2) is 71.5 Å². The number of furan rings is 1. The van der Waals surface area contributed by atoms with Crippen LogP contribution >= 0.6 is 0 Å². The lowest BCUT2D eigenvalue weighted by Gasteiger charge is -2.45. The number of hydrogen-bond acceptors (Lipinski definition) is 5. The van der Waals surface area contributed by atoms with E-state index < -0.39 is 17.4 Å². The molecule has 0 N–H and O–H groups in total. The first-order valence-corrected chi connectivity index (χ1v) is 12.7. The van der Waals surface area contributed by atoms with Gasteiger partial charge in [0, 0.05) is 30.4 Å². The minimum Gasteiger partial charge on any atom is -0.491 e. The minimum atomic E-state index is -1.08. The summed E-state index contributed by atoms with van der Waals surface area (Å²) in [5, 5.41) is 0. The van der Waals surface area contributed by atoms with Crippen LogP contribution in [-0.4, -0.2) is 46.0 Å². The number of amides is 3. The molecule has 3 heterocycles. The molecule has 1 aromatic heterocycles. The summed E-state index contributed by atoms with van der Waals surface area (Å²) in [6.45, 7) is 7.50. The Hall–Kier alpha value is -3.65. The van der Waals surface area contributed by atoms with E-state index in [4.69, 9.17) is 9.15 Å². The predicted molar refractivity (Wildman–Crippen MR) is 138 cm³/mol. The second kappa shape index (κ2) is 10.0. The second-order valence-electron chi connectivity index (χ2n) is 10.2. The highest BCUT2D eigenvalue weighted by Crippen LogP contribution is 2.43. The predicted octanol–water partition coefficient (Wildman–Crippen LogP) is 5.60. The Morgan fingerprint density at radius 3 is 2.59 bits per heavy atom. The van der Waals surface area contributed by atoms with Crippen LogP contribution in [0.2, 0.25) is 0 Å². The molecule has 2 saturated heterocycles. The van der Waals surface area contributed by atoms with Gasteiger partial charge in [-0.15, -0.1) is 0 Å². The highest BCUT2D eigenvalue weighted by molar-refractivity contribution is 6.16. The van der Waals surface area contributed by atoms with Crippen LogP contribution in [-0.2, 0) is 17.9 Å². The van der Waals surface area contributed by atoms with Gasteiger partial charge >= 0.3 is 6.03 Å². The van der Waals surface area contributed by atoms with Crippen molar-refractivity contribution in [2.24, 2.45) is 0 Å². The van der Waals surface area contributed by atoms with Crippen molar-refractivity contribution in [3.8, 4) is 5.75 Å². The molecule has 3 amide bonds. The topological polar surface area (TPSA) is 66.2 Å². The average Bonchev–Trinajstić information content (AvgIpc) is 3.43. The molecule has 0 radical (unpaired) electrons. The van der Waals surface area contributed by atoms with Crippen molar-refractivity contribution < 1.29 is 23.1 Å². The van der Waals surface area contributed by atoms with Gasteiger partial charge in [0.1, 0.15) is 17.1 Å². The number of anilines is 1. The van der Waals surface area contributed by atoms with Gasteiger partial charge in [0.25, 0.3) is 5.91 Å². The third kappa shape index (κ3) is 4.85. The summed E-state index contributed by atoms with van der Waals surface area (Å²) in [6, 6.07) is 15.3. The number of imide groups is 1. The van der Waals surface area contributed by atoms with E-state index in [1.165, 1.54) is 34.5 Å². The number of rotatable bonds is 7. The number of hydrogen-bond donors (Lipinski definition) is 0. The van der Waals surface area contributed by atoms with E-state index in [-0.39, 0.29) is 24.6 Å². The molecular formula is C29H32FN3O4. The van der Waals surface area contributed by atoms with Crippen LogP contribution in [0.5, 0.6) is 5.75 Å². The van der Waals surface area contributed by atoms with Gasteiger partial charge < -0.3 is 9.15 Å². The van der Waals surface area contributed by atoms with Crippen LogP contribution < -0.4 is 9.64 Å². The Labute approximate surface area is 216 Å². The molecule has 2 aliphatic rings. The Morgan fingerprint density at radius 1 is 1.08 bits per heavy atom. The first kappa shape index (κ1) is 25.0. The number of nitrogens with zero attached hydrogens (tertiary/aromatic N) is 3. The molecule has 2 aromatic carbocycles. The smallest absolute Gasteiger partial charge is 0.332 e. The summed E-state index contributed by atoms with van der Waals surface area (Å²) in [5.74, 6) is 0.134. The lowest BCUT2D eigenvalue weighted by Crippen LogP contribution is -2.59. The Morgan fingerprint density at radius 2 is 1.89 bits per heavy atom. The fourth-order valence-corrected chi connectivity index (χ4v) is 5.54. The van der Waals surface area contributed by atoms with Crippen LogP contribution in [0.3, 0.4) is 0 Å². The van der Waals surface area contributed by atoms with E-state index in [0.717, 1.165) is 16.9 Å². The molecule has 0 aliphatic carbocycles. The van der Waals surface area contributed by atoms with Crippen molar-refractivity contribution in [1.29, 1.82) is 0 Å². The van der Waals surface area contributed by atoms with Gasteiger partial charge in [0.2, 0.25) is 0 Å². The van der Waals surface area contributed by atoms with Gasteiger partial charge in [-0.05, 0) is 75.6 Å². The molecule has 2 atom stereocenters. The summed E-state index contributed by atoms with van der Waals surface area (Å²) < 4.78 is 25.2. The first-order chi connectivity index (χ1) is 17.8. The number of halogens is 1. The molecule has 5 rings (SSSR count). The van der Waals surface area contributed by atoms with Crippen LogP contribution in [0.1, 0.15) is 44.7 Å². The number of benzene rings is 2. The molecule has 0 saturated carbocycles. The highest BCUT2D eigenvalue weighted by Gasteiger charge is 2.59. The molecular weight excluding hydrogens is 473 g/mol. The van der Waals surface area contributed by atoms with Crippen LogP contribution in [0.4, 0.5) is 14.9 Å². The third-order valence-electron chi connectivity index (χ3n) is 7.21. The molecule has 1 spiro atoms. The van der Waals surface area contributed by atoms with Crippen molar-refractivity contribution in [3.63, 3.8) is 0 Å². The van der Waals surface area contributed by atoms with Crippen molar-refractivity contribution >= 4 is 17.6 Å². The SMILES string of the molecule is CC(C)Oc1cccc(CN2CC[C@@]3(C[C@@H]2C)C(=O)N(Cc2ccoc2)C(=O)N3c2cccc(F)c2)c1. The number of likely N-dealkylation sites (tertiary alicyclic amines) is 1. The van der Waals surface area contributed by atoms with Crippen LogP contribution in [0, 0.1) is 5.82 Å². The van der Waals surface area contributed by atoms with Crippen molar-refractivity contribution in [2.45, 2.75) is 64.4 Å².